The third kappa shape index (κ3) is 4.38. The summed E-state index contributed by atoms with van der Waals surface area (Å²) >= 11 is 0. The molecule has 6 nitrogen and oxygen atoms in total. The van der Waals surface area contributed by atoms with Gasteiger partial charge in [-0.15, -0.1) is 0 Å². The van der Waals surface area contributed by atoms with Crippen LogP contribution >= 0.6 is 0 Å². The number of hydrogen-bond donors (Lipinski definition) is 1. The second-order valence-corrected chi connectivity index (χ2v) is 11.3. The van der Waals surface area contributed by atoms with Gasteiger partial charge in [0, 0.05) is 43.5 Å². The number of aryl methyl sites for hydroxylation is 1. The number of likely N-dealkylation sites (tertiary alicyclic amines) is 1. The van der Waals surface area contributed by atoms with Gasteiger partial charge >= 0.3 is 0 Å². The molecule has 1 saturated carbocycles. The number of nitriles is 1. The molecule has 1 aliphatic carbocycles. The van der Waals surface area contributed by atoms with E-state index in [0.29, 0.717) is 6.54 Å². The molecule has 38 heavy (non-hydrogen) atoms. The fourth-order valence-electron chi connectivity index (χ4n) is 6.77. The lowest BCUT2D eigenvalue weighted by atomic mass is 9.76. The monoisotopic (exact) mass is 508 g/mol. The number of benzene rings is 2. The van der Waals surface area contributed by atoms with Crippen LogP contribution in [0, 0.1) is 11.3 Å². The van der Waals surface area contributed by atoms with E-state index in [1.54, 1.807) is 0 Å². The maximum atomic E-state index is 13.6. The molecule has 3 aromatic rings. The predicted octanol–water partition coefficient (Wildman–Crippen LogP) is 5.11. The van der Waals surface area contributed by atoms with Gasteiger partial charge in [-0.3, -0.25) is 14.7 Å². The first-order chi connectivity index (χ1) is 18.5. The van der Waals surface area contributed by atoms with E-state index < -0.39 is 5.41 Å². The minimum Gasteiger partial charge on any atom is -0.393 e. The van der Waals surface area contributed by atoms with Gasteiger partial charge in [0.1, 0.15) is 5.41 Å². The number of aliphatic hydroxyl groups is 1. The Bertz CT molecular complexity index is 1390. The van der Waals surface area contributed by atoms with Crippen LogP contribution in [-0.2, 0) is 24.9 Å². The van der Waals surface area contributed by atoms with Crippen molar-refractivity contribution in [3.8, 4) is 6.07 Å². The Morgan fingerprint density at radius 2 is 1.79 bits per heavy atom. The van der Waals surface area contributed by atoms with E-state index in [9.17, 15) is 15.2 Å². The van der Waals surface area contributed by atoms with E-state index in [0.717, 1.165) is 87.1 Å². The van der Waals surface area contributed by atoms with E-state index in [4.69, 9.17) is 4.98 Å². The van der Waals surface area contributed by atoms with Crippen LogP contribution in [0.4, 0.5) is 0 Å². The fourth-order valence-corrected chi connectivity index (χ4v) is 6.77. The lowest BCUT2D eigenvalue weighted by molar-refractivity contribution is 0.0519. The molecular formula is C32H36N4O2. The number of amides is 1. The summed E-state index contributed by atoms with van der Waals surface area (Å²) in [6.45, 7) is 5.16. The molecule has 6 rings (SSSR count). The van der Waals surface area contributed by atoms with Crippen LogP contribution in [-0.4, -0.2) is 51.0 Å². The number of nitrogens with zero attached hydrogens (tertiary/aromatic N) is 4. The van der Waals surface area contributed by atoms with Crippen molar-refractivity contribution >= 4 is 16.7 Å². The first-order valence-corrected chi connectivity index (χ1v) is 14.1. The molecule has 0 unspecified atom stereocenters. The Kier molecular flexibility index (Phi) is 6.67. The smallest absolute Gasteiger partial charge is 0.254 e. The lowest BCUT2D eigenvalue weighted by Crippen LogP contribution is -2.42. The number of piperidine rings is 1. The van der Waals surface area contributed by atoms with Gasteiger partial charge in [0.15, 0.2) is 0 Å². The summed E-state index contributed by atoms with van der Waals surface area (Å²) in [5.41, 5.74) is 4.57. The predicted molar refractivity (Wildman–Crippen MR) is 148 cm³/mol. The van der Waals surface area contributed by atoms with Crippen molar-refractivity contribution in [1.82, 2.24) is 14.8 Å². The summed E-state index contributed by atoms with van der Waals surface area (Å²) in [5, 5.41) is 22.5. The number of aromatic nitrogens is 1. The van der Waals surface area contributed by atoms with Gasteiger partial charge in [0.05, 0.1) is 17.9 Å². The molecule has 0 bridgehead atoms. The number of carbonyl (C=O) groups is 1. The maximum Gasteiger partial charge on any atom is 0.254 e. The van der Waals surface area contributed by atoms with Crippen LogP contribution in [0.5, 0.6) is 0 Å². The van der Waals surface area contributed by atoms with Gasteiger partial charge in [0.25, 0.3) is 5.91 Å². The van der Waals surface area contributed by atoms with Crippen molar-refractivity contribution in [2.24, 2.45) is 0 Å². The zero-order valence-corrected chi connectivity index (χ0v) is 22.2. The SMILES string of the molecule is CCc1cccc(C2(C#N)CCN(Cc3cc4c(c5ccccc35)CN(C3CCC(O)CC3)C4=O)CC2)n1. The van der Waals surface area contributed by atoms with Crippen molar-refractivity contribution < 1.29 is 9.90 Å². The van der Waals surface area contributed by atoms with Crippen molar-refractivity contribution in [1.29, 1.82) is 5.26 Å². The molecule has 2 aromatic carbocycles. The molecular weight excluding hydrogens is 472 g/mol. The van der Waals surface area contributed by atoms with Gasteiger partial charge < -0.3 is 10.0 Å². The number of aliphatic hydroxyl groups excluding tert-OH is 1. The molecule has 3 aliphatic rings. The highest BCUT2D eigenvalue weighted by Gasteiger charge is 2.39. The zero-order chi connectivity index (χ0) is 26.3. The summed E-state index contributed by atoms with van der Waals surface area (Å²) in [4.78, 5) is 22.9. The van der Waals surface area contributed by atoms with Crippen LogP contribution in [0.2, 0.25) is 0 Å². The van der Waals surface area contributed by atoms with Crippen LogP contribution in [0.3, 0.4) is 0 Å². The van der Waals surface area contributed by atoms with Crippen LogP contribution in [0.1, 0.15) is 78.3 Å². The largest absolute Gasteiger partial charge is 0.393 e. The molecule has 3 heterocycles. The minimum atomic E-state index is -0.536. The minimum absolute atomic E-state index is 0.136. The van der Waals surface area contributed by atoms with Gasteiger partial charge in [0.2, 0.25) is 0 Å². The van der Waals surface area contributed by atoms with Crippen molar-refractivity contribution in [2.45, 2.75) is 82.5 Å². The average molecular weight is 509 g/mol. The average Bonchev–Trinajstić information content (AvgIpc) is 3.30. The van der Waals surface area contributed by atoms with E-state index in [1.807, 2.05) is 23.1 Å². The number of hydrogen-bond acceptors (Lipinski definition) is 5. The third-order valence-corrected chi connectivity index (χ3v) is 9.15. The summed E-state index contributed by atoms with van der Waals surface area (Å²) in [7, 11) is 0. The number of pyridine rings is 1. The van der Waals surface area contributed by atoms with Crippen LogP contribution < -0.4 is 0 Å². The van der Waals surface area contributed by atoms with Gasteiger partial charge in [-0.25, -0.2) is 0 Å². The van der Waals surface area contributed by atoms with E-state index >= 15 is 0 Å². The molecule has 1 saturated heterocycles. The van der Waals surface area contributed by atoms with Gasteiger partial charge in [-0.1, -0.05) is 37.3 Å². The molecule has 0 radical (unpaired) electrons. The number of fused-ring (bicyclic) bond motifs is 3. The lowest BCUT2D eigenvalue weighted by Gasteiger charge is -2.37. The highest BCUT2D eigenvalue weighted by Crippen LogP contribution is 2.38. The van der Waals surface area contributed by atoms with Crippen LogP contribution in [0.15, 0.2) is 48.5 Å². The molecule has 0 spiro atoms. The molecule has 6 heteroatoms. The Morgan fingerprint density at radius 1 is 1.05 bits per heavy atom. The molecule has 2 fully saturated rings. The summed E-state index contributed by atoms with van der Waals surface area (Å²) in [5.74, 6) is 0.136. The zero-order valence-electron chi connectivity index (χ0n) is 22.2. The van der Waals surface area contributed by atoms with E-state index in [2.05, 4.69) is 48.2 Å². The second kappa shape index (κ2) is 10.1. The topological polar surface area (TPSA) is 80.5 Å². The van der Waals surface area contributed by atoms with Crippen molar-refractivity contribution in [2.75, 3.05) is 13.1 Å². The van der Waals surface area contributed by atoms with Crippen molar-refractivity contribution in [3.63, 3.8) is 0 Å². The fraction of sp³-hybridized carbons (Fsp3) is 0.469. The molecule has 196 valence electrons. The highest BCUT2D eigenvalue weighted by atomic mass is 16.3. The molecule has 2 aliphatic heterocycles. The Morgan fingerprint density at radius 3 is 2.50 bits per heavy atom. The first kappa shape index (κ1) is 25.0. The second-order valence-electron chi connectivity index (χ2n) is 11.3. The molecule has 1 amide bonds. The Balaban J connectivity index is 1.24. The summed E-state index contributed by atoms with van der Waals surface area (Å²) in [6, 6.07) is 19.5. The third-order valence-electron chi connectivity index (χ3n) is 9.15. The van der Waals surface area contributed by atoms with Crippen LogP contribution in [0.25, 0.3) is 10.8 Å². The summed E-state index contributed by atoms with van der Waals surface area (Å²) in [6.07, 6.45) is 5.44. The Labute approximate surface area is 224 Å². The normalized spacial score (nSPS) is 23.4. The molecule has 0 atom stereocenters. The molecule has 1 N–H and O–H groups in total. The number of carbonyl (C=O) groups excluding carboxylic acids is 1. The maximum absolute atomic E-state index is 13.6. The number of rotatable bonds is 5. The Hall–Kier alpha value is -3.27. The van der Waals surface area contributed by atoms with E-state index in [1.165, 1.54) is 16.3 Å². The highest BCUT2D eigenvalue weighted by molar-refractivity contribution is 6.05. The van der Waals surface area contributed by atoms with Gasteiger partial charge in [-0.05, 0) is 85.0 Å². The molecule has 1 aromatic heterocycles. The summed E-state index contributed by atoms with van der Waals surface area (Å²) < 4.78 is 0. The first-order valence-electron chi connectivity index (χ1n) is 14.1. The van der Waals surface area contributed by atoms with E-state index in [-0.39, 0.29) is 18.1 Å². The van der Waals surface area contributed by atoms with Crippen molar-refractivity contribution in [3.05, 3.63) is 76.6 Å². The quantitative estimate of drug-likeness (QED) is 0.518. The standard InChI is InChI=1S/C32H36N4O2/c1-2-23-6-5-9-30(34-23)32(21-33)14-16-35(17-15-32)19-22-18-28-29(27-8-4-3-7-26(22)27)20-36(31(28)38)24-10-12-25(37)13-11-24/h3-9,18,24-25,37H,2,10-17,19-20H2,1H3. The van der Waals surface area contributed by atoms with Gasteiger partial charge in [-0.2, -0.15) is 5.26 Å².